The molecule has 0 radical (unpaired) electrons. The zero-order valence-electron chi connectivity index (χ0n) is 46.9. The fraction of sp³-hybridized carbons (Fsp3) is 0.596. The van der Waals surface area contributed by atoms with Crippen LogP contribution in [0.15, 0.2) is 60.9 Å². The molecule has 2 aromatic heterocycles. The molecule has 4 aromatic rings. The van der Waals surface area contributed by atoms with E-state index in [4.69, 9.17) is 15.6 Å². The normalized spacial score (nSPS) is 22.4. The maximum absolute atomic E-state index is 13.6. The van der Waals surface area contributed by atoms with Gasteiger partial charge in [0.25, 0.3) is 5.91 Å². The average Bonchev–Trinajstić information content (AvgIpc) is 4.25. The molecule has 6 unspecified atom stereocenters. The number of carbonyl (C=O) groups excluding carboxylic acids is 6. The van der Waals surface area contributed by atoms with E-state index in [-0.39, 0.29) is 71.6 Å². The SMILES string of the molecule is CC(C)[C@H](NC(=O)[C@H](C)N(C)C(=O)OC(C)(C)C)C(=O)N1CCC2CCC(N)C21.CN[C@@H](C)C(=O)N[C@H](C(=O)N1CCC2CCC(NC(=O)c3cn(C)c4ccccc34)C21)C(C)C.Cn1cc(C(=O)O)c2ccccc21. The number of likely N-dealkylation sites (tertiary alicyclic amines) is 2. The molecule has 10 atom stereocenters. The molecule has 416 valence electrons. The van der Waals surface area contributed by atoms with Crippen LogP contribution < -0.4 is 27.0 Å². The van der Waals surface area contributed by atoms with Gasteiger partial charge in [0.1, 0.15) is 23.7 Å². The smallest absolute Gasteiger partial charge is 0.410 e. The number of fused-ring (bicyclic) bond motifs is 4. The van der Waals surface area contributed by atoms with E-state index in [1.165, 1.54) is 11.9 Å². The maximum Gasteiger partial charge on any atom is 0.410 e. The molecular formula is C57H84N10O9. The first-order chi connectivity index (χ1) is 35.8. The van der Waals surface area contributed by atoms with Crippen LogP contribution in [0.2, 0.25) is 0 Å². The Morgan fingerprint density at radius 1 is 0.684 bits per heavy atom. The number of hydrogen-bond donors (Lipinski definition) is 6. The van der Waals surface area contributed by atoms with Gasteiger partial charge in [0.2, 0.25) is 23.6 Å². The number of aromatic carboxylic acids is 1. The molecule has 4 aliphatic rings. The van der Waals surface area contributed by atoms with E-state index in [1.54, 1.807) is 47.9 Å². The molecule has 6 amide bonds. The van der Waals surface area contributed by atoms with Crippen LogP contribution in [0.5, 0.6) is 0 Å². The molecule has 19 nitrogen and oxygen atoms in total. The number of aryl methyl sites for hydroxylation is 2. The van der Waals surface area contributed by atoms with Gasteiger partial charge in [-0.1, -0.05) is 64.1 Å². The number of rotatable bonds is 13. The Kier molecular flexibility index (Phi) is 19.1. The molecule has 4 fully saturated rings. The van der Waals surface area contributed by atoms with Gasteiger partial charge in [0.15, 0.2) is 0 Å². The third-order valence-electron chi connectivity index (χ3n) is 15.8. The van der Waals surface area contributed by atoms with Crippen LogP contribution in [-0.4, -0.2) is 152 Å². The fourth-order valence-electron chi connectivity index (χ4n) is 11.3. The molecule has 19 heteroatoms. The summed E-state index contributed by atoms with van der Waals surface area (Å²) in [6, 6.07) is 12.9. The first-order valence-corrected chi connectivity index (χ1v) is 27.0. The lowest BCUT2D eigenvalue weighted by molar-refractivity contribution is -0.139. The van der Waals surface area contributed by atoms with E-state index in [0.29, 0.717) is 36.1 Å². The highest BCUT2D eigenvalue weighted by molar-refractivity contribution is 6.07. The van der Waals surface area contributed by atoms with Crippen LogP contribution in [0.3, 0.4) is 0 Å². The number of carboxylic acids is 1. The summed E-state index contributed by atoms with van der Waals surface area (Å²) in [6.45, 7) is 17.8. The molecule has 2 aliphatic carbocycles. The molecule has 76 heavy (non-hydrogen) atoms. The minimum Gasteiger partial charge on any atom is -0.478 e. The molecule has 2 aromatic carbocycles. The van der Waals surface area contributed by atoms with Gasteiger partial charge in [-0.05, 0) is 116 Å². The van der Waals surface area contributed by atoms with Gasteiger partial charge in [0, 0.05) is 86.6 Å². The zero-order chi connectivity index (χ0) is 56.1. The second-order valence-corrected chi connectivity index (χ2v) is 22.9. The van der Waals surface area contributed by atoms with Crippen molar-refractivity contribution in [3.8, 4) is 0 Å². The van der Waals surface area contributed by atoms with E-state index < -0.39 is 35.8 Å². The van der Waals surface area contributed by atoms with E-state index in [9.17, 15) is 33.6 Å². The predicted octanol–water partition coefficient (Wildman–Crippen LogP) is 5.63. The molecule has 0 spiro atoms. The van der Waals surface area contributed by atoms with E-state index in [0.717, 1.165) is 60.3 Å². The Hall–Kier alpha value is -6.47. The number of hydrogen-bond acceptors (Lipinski definition) is 10. The number of ether oxygens (including phenoxy) is 1. The van der Waals surface area contributed by atoms with Crippen LogP contribution in [0.4, 0.5) is 4.79 Å². The van der Waals surface area contributed by atoms with Crippen molar-refractivity contribution in [3.05, 3.63) is 72.1 Å². The van der Waals surface area contributed by atoms with Crippen molar-refractivity contribution in [3.63, 3.8) is 0 Å². The van der Waals surface area contributed by atoms with Gasteiger partial charge in [-0.3, -0.25) is 28.9 Å². The highest BCUT2D eigenvalue weighted by atomic mass is 16.6. The first-order valence-electron chi connectivity index (χ1n) is 27.0. The summed E-state index contributed by atoms with van der Waals surface area (Å²) in [7, 11) is 7.03. The largest absolute Gasteiger partial charge is 0.478 e. The average molecular weight is 1050 g/mol. The molecule has 0 bridgehead atoms. The Labute approximate surface area is 447 Å². The molecule has 7 N–H and O–H groups in total. The summed E-state index contributed by atoms with van der Waals surface area (Å²) in [4.78, 5) is 93.7. The van der Waals surface area contributed by atoms with Gasteiger partial charge >= 0.3 is 12.1 Å². The minimum atomic E-state index is -0.878. The highest BCUT2D eigenvalue weighted by Crippen LogP contribution is 2.40. The summed E-state index contributed by atoms with van der Waals surface area (Å²) >= 11 is 0. The number of amides is 6. The molecule has 2 saturated heterocycles. The summed E-state index contributed by atoms with van der Waals surface area (Å²) in [5.74, 6) is -0.941. The third-order valence-corrected chi connectivity index (χ3v) is 15.8. The number of para-hydroxylation sites is 2. The van der Waals surface area contributed by atoms with E-state index in [2.05, 4.69) is 21.3 Å². The van der Waals surface area contributed by atoms with Crippen LogP contribution in [0.1, 0.15) is 122 Å². The van der Waals surface area contributed by atoms with Crippen LogP contribution in [-0.2, 0) is 38.0 Å². The first kappa shape index (κ1) is 58.8. The number of aromatic nitrogens is 2. The van der Waals surface area contributed by atoms with Gasteiger partial charge in [-0.15, -0.1) is 0 Å². The Bertz CT molecular complexity index is 2740. The number of likely N-dealkylation sites (N-methyl/N-ethyl adjacent to an activating group) is 2. The highest BCUT2D eigenvalue weighted by Gasteiger charge is 2.49. The van der Waals surface area contributed by atoms with Crippen LogP contribution in [0, 0.1) is 23.7 Å². The lowest BCUT2D eigenvalue weighted by atomic mass is 9.99. The van der Waals surface area contributed by atoms with Crippen molar-refractivity contribution in [2.75, 3.05) is 27.2 Å². The van der Waals surface area contributed by atoms with Gasteiger partial charge in [-0.2, -0.15) is 0 Å². The number of nitrogens with zero attached hydrogens (tertiary/aromatic N) is 5. The molecular weight excluding hydrogens is 969 g/mol. The van der Waals surface area contributed by atoms with Crippen molar-refractivity contribution in [2.24, 2.45) is 43.5 Å². The third kappa shape index (κ3) is 13.2. The Balaban J connectivity index is 0.000000202. The standard InChI is InChI=1S/C26H37N5O3.C21H38N4O4.C10H9NO2/c1-15(2)22(29-24(32)16(3)27-4)26(34)31-13-12-17-10-11-20(23(17)31)28-25(33)19-14-30(5)21-9-7-6-8-18(19)21;1-12(2)16(19(27)25-11-10-14-8-9-15(22)17(14)25)23-18(26)13(3)24(7)20(28)29-21(4,5)6;1-11-6-8(10(12)13)7-4-2-3-5-9(7)11/h6-9,14-17,20,22-23,27H,10-13H2,1-5H3,(H,28,33)(H,29,32);12-17H,8-11,22H2,1-7H3,(H,23,26);2-6H,1H3,(H,12,13)/t16-,17?,20?,22-,23?;13-,14?,15?,16-,17?;/m00./s1. The van der Waals surface area contributed by atoms with Crippen LogP contribution >= 0.6 is 0 Å². The Morgan fingerprint density at radius 2 is 1.16 bits per heavy atom. The van der Waals surface area contributed by atoms with Crippen molar-refractivity contribution in [2.45, 2.75) is 155 Å². The quantitative estimate of drug-likeness (QED) is 0.0959. The number of carboxylic acid groups (broad SMARTS) is 1. The topological polar surface area (TPSA) is 243 Å². The second kappa shape index (κ2) is 24.7. The van der Waals surface area contributed by atoms with Crippen molar-refractivity contribution in [1.82, 2.24) is 45.1 Å². The number of carbonyl (C=O) groups is 7. The summed E-state index contributed by atoms with van der Waals surface area (Å²) in [5, 5.41) is 22.6. The van der Waals surface area contributed by atoms with Crippen molar-refractivity contribution in [1.29, 1.82) is 0 Å². The number of nitrogens with one attached hydrogen (secondary N) is 4. The summed E-state index contributed by atoms with van der Waals surface area (Å²) in [5.41, 5.74) is 8.59. The van der Waals surface area contributed by atoms with Gasteiger partial charge in [0.05, 0.1) is 23.2 Å². The van der Waals surface area contributed by atoms with Crippen molar-refractivity contribution >= 4 is 63.4 Å². The fourth-order valence-corrected chi connectivity index (χ4v) is 11.3. The molecule has 2 aliphatic heterocycles. The van der Waals surface area contributed by atoms with Crippen LogP contribution in [0.25, 0.3) is 21.8 Å². The Morgan fingerprint density at radius 3 is 1.67 bits per heavy atom. The molecule has 2 saturated carbocycles. The monoisotopic (exact) mass is 1050 g/mol. The lowest BCUT2D eigenvalue weighted by Crippen LogP contribution is -2.58. The molecule has 4 heterocycles. The lowest BCUT2D eigenvalue weighted by Gasteiger charge is -2.34. The number of benzene rings is 2. The summed E-state index contributed by atoms with van der Waals surface area (Å²) in [6.07, 6.45) is 8.68. The van der Waals surface area contributed by atoms with E-state index in [1.807, 2.05) is 115 Å². The minimum absolute atomic E-state index is 0.00666. The summed E-state index contributed by atoms with van der Waals surface area (Å²) < 4.78 is 9.11. The predicted molar refractivity (Wildman–Crippen MR) is 293 cm³/mol. The zero-order valence-corrected chi connectivity index (χ0v) is 46.9. The van der Waals surface area contributed by atoms with Gasteiger partial charge in [-0.25, -0.2) is 9.59 Å². The maximum atomic E-state index is 13.6. The number of nitrogens with two attached hydrogens (primary N) is 1. The molecule has 8 rings (SSSR count). The van der Waals surface area contributed by atoms with Crippen molar-refractivity contribution < 1.29 is 43.4 Å². The van der Waals surface area contributed by atoms with E-state index >= 15 is 0 Å². The van der Waals surface area contributed by atoms with Gasteiger partial charge < -0.3 is 55.8 Å². The second-order valence-electron chi connectivity index (χ2n) is 22.9.